The van der Waals surface area contributed by atoms with E-state index >= 15 is 0 Å². The van der Waals surface area contributed by atoms with Crippen molar-refractivity contribution < 1.29 is 35.9 Å². The van der Waals surface area contributed by atoms with Gasteiger partial charge in [0.15, 0.2) is 5.69 Å². The molecule has 0 bridgehead atoms. The van der Waals surface area contributed by atoms with Gasteiger partial charge < -0.3 is 10.1 Å². The smallest absolute Gasteiger partial charge is 0.406 e. The van der Waals surface area contributed by atoms with Crippen LogP contribution in [0.3, 0.4) is 0 Å². The van der Waals surface area contributed by atoms with Crippen LogP contribution in [0, 0.1) is 0 Å². The molecule has 0 aliphatic heterocycles. The lowest BCUT2D eigenvalue weighted by Gasteiger charge is -2.09. The van der Waals surface area contributed by atoms with Crippen molar-refractivity contribution in [3.63, 3.8) is 0 Å². The topological polar surface area (TPSA) is 56.2 Å². The lowest BCUT2D eigenvalue weighted by molar-refractivity contribution is -0.274. The minimum absolute atomic E-state index is 0.0439. The van der Waals surface area contributed by atoms with E-state index in [9.17, 15) is 31.1 Å². The third kappa shape index (κ3) is 5.32. The number of hydrogen-bond donors (Lipinski definition) is 1. The molecule has 0 radical (unpaired) electrons. The molecule has 5 nitrogen and oxygen atoms in total. The first-order chi connectivity index (χ1) is 13.9. The summed E-state index contributed by atoms with van der Waals surface area (Å²) in [5, 5.41) is 6.03. The van der Waals surface area contributed by atoms with E-state index in [-0.39, 0.29) is 22.9 Å². The second-order valence-electron chi connectivity index (χ2n) is 6.07. The van der Waals surface area contributed by atoms with Gasteiger partial charge in [0.05, 0.1) is 15.4 Å². The van der Waals surface area contributed by atoms with E-state index in [1.807, 2.05) is 0 Å². The summed E-state index contributed by atoms with van der Waals surface area (Å²) in [6.45, 7) is 0.0439. The van der Waals surface area contributed by atoms with E-state index in [1.54, 1.807) is 0 Å². The van der Waals surface area contributed by atoms with Gasteiger partial charge in [-0.1, -0.05) is 12.1 Å². The van der Waals surface area contributed by atoms with Crippen molar-refractivity contribution in [2.24, 2.45) is 7.05 Å². The van der Waals surface area contributed by atoms with Gasteiger partial charge in [-0.15, -0.1) is 24.5 Å². The number of nitrogens with zero attached hydrogens (tertiary/aromatic N) is 2. The molecule has 2 aromatic heterocycles. The molecule has 0 atom stereocenters. The number of carbonyl (C=O) groups excluding carboxylic acids is 1. The minimum Gasteiger partial charge on any atom is -0.406 e. The Hall–Kier alpha value is -3.02. The van der Waals surface area contributed by atoms with Gasteiger partial charge in [0.1, 0.15) is 5.75 Å². The van der Waals surface area contributed by atoms with Crippen LogP contribution in [0.4, 0.5) is 26.3 Å². The number of carbonyl (C=O) groups is 1. The summed E-state index contributed by atoms with van der Waals surface area (Å²) in [7, 11) is 1.37. The predicted molar refractivity (Wildman–Crippen MR) is 95.8 cm³/mol. The van der Waals surface area contributed by atoms with Crippen LogP contribution in [-0.2, 0) is 19.8 Å². The van der Waals surface area contributed by atoms with Gasteiger partial charge in [0.2, 0.25) is 0 Å². The Morgan fingerprint density at radius 1 is 1.10 bits per heavy atom. The number of benzene rings is 1. The van der Waals surface area contributed by atoms with Gasteiger partial charge in [-0.05, 0) is 35.9 Å². The summed E-state index contributed by atoms with van der Waals surface area (Å²) in [4.78, 5) is 13.0. The molecule has 1 aromatic carbocycles. The Morgan fingerprint density at radius 2 is 1.77 bits per heavy atom. The predicted octanol–water partition coefficient (Wildman–Crippen LogP) is 5.00. The van der Waals surface area contributed by atoms with Gasteiger partial charge in [-0.3, -0.25) is 9.48 Å². The zero-order valence-electron chi connectivity index (χ0n) is 15.1. The van der Waals surface area contributed by atoms with Crippen molar-refractivity contribution in [2.75, 3.05) is 0 Å². The Kier molecular flexibility index (Phi) is 5.79. The minimum atomic E-state index is -4.79. The molecule has 0 spiro atoms. The summed E-state index contributed by atoms with van der Waals surface area (Å²) >= 11 is 0.991. The largest absolute Gasteiger partial charge is 0.573 e. The van der Waals surface area contributed by atoms with Gasteiger partial charge >= 0.3 is 12.5 Å². The highest BCUT2D eigenvalue weighted by atomic mass is 32.1. The molecule has 0 saturated heterocycles. The number of thiophene rings is 1. The lowest BCUT2D eigenvalue weighted by Crippen LogP contribution is -2.21. The summed E-state index contributed by atoms with van der Waals surface area (Å²) < 4.78 is 79.7. The number of alkyl halides is 6. The molecule has 2 heterocycles. The molecule has 0 fully saturated rings. The Morgan fingerprint density at radius 3 is 2.33 bits per heavy atom. The number of aryl methyl sites for hydroxylation is 1. The molecule has 30 heavy (non-hydrogen) atoms. The average Bonchev–Trinajstić information content (AvgIpc) is 3.26. The fourth-order valence-electron chi connectivity index (χ4n) is 2.51. The SMILES string of the molecule is Cn1nc(C(F)(F)F)cc1-c1ccc(C(=O)NCc2ccc(OC(F)(F)F)cc2)s1. The third-order valence-corrected chi connectivity index (χ3v) is 4.97. The first-order valence-corrected chi connectivity index (χ1v) is 9.08. The summed E-state index contributed by atoms with van der Waals surface area (Å²) in [6, 6.07) is 8.87. The molecular formula is C18H13F6N3O2S. The van der Waals surface area contributed by atoms with Crippen molar-refractivity contribution in [1.82, 2.24) is 15.1 Å². The molecule has 1 amide bonds. The highest BCUT2D eigenvalue weighted by Gasteiger charge is 2.35. The molecule has 3 aromatic rings. The maximum atomic E-state index is 12.8. The zero-order chi connectivity index (χ0) is 22.1. The fraction of sp³-hybridized carbons (Fsp3) is 0.222. The Labute approximate surface area is 169 Å². The highest BCUT2D eigenvalue weighted by Crippen LogP contribution is 2.34. The third-order valence-electron chi connectivity index (χ3n) is 3.86. The molecule has 0 saturated carbocycles. The van der Waals surface area contributed by atoms with Gasteiger partial charge in [-0.25, -0.2) is 0 Å². The maximum absolute atomic E-state index is 12.8. The molecule has 0 unspecified atom stereocenters. The van der Waals surface area contributed by atoms with Crippen LogP contribution < -0.4 is 10.1 Å². The average molecular weight is 449 g/mol. The van der Waals surface area contributed by atoms with Crippen molar-refractivity contribution in [1.29, 1.82) is 0 Å². The van der Waals surface area contributed by atoms with Crippen molar-refractivity contribution >= 4 is 17.2 Å². The van der Waals surface area contributed by atoms with Crippen LogP contribution in [0.5, 0.6) is 5.75 Å². The standard InChI is InChI=1S/C18H13F6N3O2S/c1-27-12(8-15(26-27)17(19,20)21)13-6-7-14(30-13)16(28)25-9-10-2-4-11(5-3-10)29-18(22,23)24/h2-8H,9H2,1H3,(H,25,28). The van der Waals surface area contributed by atoms with E-state index in [1.165, 1.54) is 31.3 Å². The van der Waals surface area contributed by atoms with Crippen LogP contribution in [0.1, 0.15) is 20.9 Å². The van der Waals surface area contributed by atoms with E-state index < -0.39 is 24.1 Å². The number of amides is 1. The van der Waals surface area contributed by atoms with Crippen molar-refractivity contribution in [3.8, 4) is 16.3 Å². The van der Waals surface area contributed by atoms with E-state index in [2.05, 4.69) is 15.2 Å². The molecule has 0 aliphatic rings. The number of hydrogen-bond acceptors (Lipinski definition) is 4. The zero-order valence-corrected chi connectivity index (χ0v) is 16.0. The number of ether oxygens (including phenoxy) is 1. The maximum Gasteiger partial charge on any atom is 0.573 e. The second-order valence-corrected chi connectivity index (χ2v) is 7.16. The van der Waals surface area contributed by atoms with E-state index in [4.69, 9.17) is 0 Å². The van der Waals surface area contributed by atoms with E-state index in [0.29, 0.717) is 10.4 Å². The molecule has 160 valence electrons. The van der Waals surface area contributed by atoms with Crippen LogP contribution in [0.15, 0.2) is 42.5 Å². The van der Waals surface area contributed by atoms with Crippen molar-refractivity contribution in [2.45, 2.75) is 19.1 Å². The second kappa shape index (κ2) is 8.01. The molecule has 0 aliphatic carbocycles. The highest BCUT2D eigenvalue weighted by molar-refractivity contribution is 7.17. The quantitative estimate of drug-likeness (QED) is 0.558. The Balaban J connectivity index is 1.64. The fourth-order valence-corrected chi connectivity index (χ4v) is 3.48. The number of rotatable bonds is 5. The van der Waals surface area contributed by atoms with Gasteiger partial charge in [-0.2, -0.15) is 18.3 Å². The van der Waals surface area contributed by atoms with Gasteiger partial charge in [0.25, 0.3) is 5.91 Å². The summed E-state index contributed by atoms with van der Waals surface area (Å²) in [6.07, 6.45) is -9.37. The van der Waals surface area contributed by atoms with Crippen molar-refractivity contribution in [3.05, 3.63) is 58.6 Å². The van der Waals surface area contributed by atoms with Crippen LogP contribution in [0.25, 0.3) is 10.6 Å². The van der Waals surface area contributed by atoms with Crippen LogP contribution >= 0.6 is 11.3 Å². The van der Waals surface area contributed by atoms with Gasteiger partial charge in [0, 0.05) is 13.6 Å². The Bertz CT molecular complexity index is 1040. The summed E-state index contributed by atoms with van der Waals surface area (Å²) in [5.41, 5.74) is -0.278. The first kappa shape index (κ1) is 21.7. The normalized spacial score (nSPS) is 12.1. The number of aromatic nitrogens is 2. The lowest BCUT2D eigenvalue weighted by atomic mass is 10.2. The van der Waals surface area contributed by atoms with Crippen LogP contribution in [0.2, 0.25) is 0 Å². The molecule has 12 heteroatoms. The molecule has 1 N–H and O–H groups in total. The monoisotopic (exact) mass is 449 g/mol. The molecule has 3 rings (SSSR count). The van der Waals surface area contributed by atoms with E-state index in [0.717, 1.165) is 34.2 Å². The number of halogens is 6. The first-order valence-electron chi connectivity index (χ1n) is 8.27. The summed E-state index contributed by atoms with van der Waals surface area (Å²) in [5.74, 6) is -0.852. The van der Waals surface area contributed by atoms with Crippen LogP contribution in [-0.4, -0.2) is 22.1 Å². The number of nitrogens with one attached hydrogen (secondary N) is 1. The molecular weight excluding hydrogens is 436 g/mol.